The summed E-state index contributed by atoms with van der Waals surface area (Å²) in [5.74, 6) is -0.694. The van der Waals surface area contributed by atoms with E-state index in [0.29, 0.717) is 0 Å². The molecule has 0 atom stereocenters. The van der Waals surface area contributed by atoms with Gasteiger partial charge in [-0.1, -0.05) is 31.7 Å². The standard InChI is InChI=1S/C14H21FN2O2S/c1-17(11-7-4-2-3-5-8-11)20(18,19)13-10-6-9-12(15)14(13)16/h6,9-11H,2-5,7-8,16H2,1H3. The molecule has 20 heavy (non-hydrogen) atoms. The van der Waals surface area contributed by atoms with Crippen molar-refractivity contribution < 1.29 is 12.8 Å². The van der Waals surface area contributed by atoms with Gasteiger partial charge in [0.15, 0.2) is 0 Å². The molecule has 1 aliphatic rings. The first-order valence-corrected chi connectivity index (χ1v) is 8.40. The molecular formula is C14H21FN2O2S. The lowest BCUT2D eigenvalue weighted by Crippen LogP contribution is -2.37. The Morgan fingerprint density at radius 2 is 1.80 bits per heavy atom. The molecule has 0 aliphatic heterocycles. The minimum Gasteiger partial charge on any atom is -0.395 e. The van der Waals surface area contributed by atoms with Crippen LogP contribution in [-0.4, -0.2) is 25.8 Å². The predicted molar refractivity (Wildman–Crippen MR) is 77.3 cm³/mol. The molecule has 1 aromatic rings. The van der Waals surface area contributed by atoms with Crippen molar-refractivity contribution in [3.63, 3.8) is 0 Å². The molecule has 0 spiro atoms. The number of halogens is 1. The normalized spacial score (nSPS) is 18.1. The highest BCUT2D eigenvalue weighted by Gasteiger charge is 2.30. The van der Waals surface area contributed by atoms with Crippen molar-refractivity contribution in [1.29, 1.82) is 0 Å². The van der Waals surface area contributed by atoms with E-state index in [1.807, 2.05) is 0 Å². The van der Waals surface area contributed by atoms with E-state index in [2.05, 4.69) is 0 Å². The molecule has 0 amide bonds. The van der Waals surface area contributed by atoms with Gasteiger partial charge in [-0.05, 0) is 25.0 Å². The van der Waals surface area contributed by atoms with Gasteiger partial charge in [0, 0.05) is 13.1 Å². The highest BCUT2D eigenvalue weighted by Crippen LogP contribution is 2.29. The average Bonchev–Trinajstić information content (AvgIpc) is 2.69. The maximum absolute atomic E-state index is 13.5. The Bertz CT molecular complexity index is 567. The third-order valence-corrected chi connectivity index (χ3v) is 5.98. The van der Waals surface area contributed by atoms with Crippen LogP contribution >= 0.6 is 0 Å². The van der Waals surface area contributed by atoms with Crippen LogP contribution in [-0.2, 0) is 10.0 Å². The molecule has 1 aliphatic carbocycles. The number of nitrogens with zero attached hydrogens (tertiary/aromatic N) is 1. The molecule has 0 saturated heterocycles. The zero-order valence-corrected chi connectivity index (χ0v) is 12.5. The van der Waals surface area contributed by atoms with Gasteiger partial charge in [0.25, 0.3) is 0 Å². The zero-order valence-electron chi connectivity index (χ0n) is 11.7. The van der Waals surface area contributed by atoms with Gasteiger partial charge in [0.1, 0.15) is 10.7 Å². The van der Waals surface area contributed by atoms with E-state index < -0.39 is 15.8 Å². The predicted octanol–water partition coefficient (Wildman–Crippen LogP) is 2.75. The molecule has 1 aromatic carbocycles. The molecule has 2 rings (SSSR count). The first kappa shape index (κ1) is 15.3. The van der Waals surface area contributed by atoms with Gasteiger partial charge in [-0.25, -0.2) is 12.8 Å². The van der Waals surface area contributed by atoms with Gasteiger partial charge in [0.05, 0.1) is 5.69 Å². The maximum atomic E-state index is 13.5. The third-order valence-electron chi connectivity index (χ3n) is 4.01. The number of nitrogen functional groups attached to an aromatic ring is 1. The third kappa shape index (κ3) is 2.96. The molecule has 0 aromatic heterocycles. The maximum Gasteiger partial charge on any atom is 0.245 e. The molecule has 1 fully saturated rings. The Kier molecular flexibility index (Phi) is 4.65. The topological polar surface area (TPSA) is 63.4 Å². The largest absolute Gasteiger partial charge is 0.395 e. The number of nitrogens with two attached hydrogens (primary N) is 1. The van der Waals surface area contributed by atoms with E-state index in [0.717, 1.165) is 38.5 Å². The highest BCUT2D eigenvalue weighted by atomic mass is 32.2. The van der Waals surface area contributed by atoms with E-state index in [9.17, 15) is 12.8 Å². The van der Waals surface area contributed by atoms with Crippen LogP contribution in [0, 0.1) is 5.82 Å². The molecule has 0 bridgehead atoms. The van der Waals surface area contributed by atoms with E-state index in [4.69, 9.17) is 5.73 Å². The molecule has 1 saturated carbocycles. The highest BCUT2D eigenvalue weighted by molar-refractivity contribution is 7.89. The summed E-state index contributed by atoms with van der Waals surface area (Å²) < 4.78 is 40.0. The molecule has 0 heterocycles. The fourth-order valence-corrected chi connectivity index (χ4v) is 4.25. The fourth-order valence-electron chi connectivity index (χ4n) is 2.71. The Labute approximate surface area is 119 Å². The Morgan fingerprint density at radius 3 is 2.40 bits per heavy atom. The van der Waals surface area contributed by atoms with E-state index >= 15 is 0 Å². The zero-order chi connectivity index (χ0) is 14.8. The summed E-state index contributed by atoms with van der Waals surface area (Å²) in [7, 11) is -2.17. The lowest BCUT2D eigenvalue weighted by Gasteiger charge is -2.27. The monoisotopic (exact) mass is 300 g/mol. The molecular weight excluding hydrogens is 279 g/mol. The number of hydrogen-bond donors (Lipinski definition) is 1. The van der Waals surface area contributed by atoms with Crippen LogP contribution in [0.25, 0.3) is 0 Å². The van der Waals surface area contributed by atoms with E-state index in [1.54, 1.807) is 7.05 Å². The summed E-state index contributed by atoms with van der Waals surface area (Å²) in [6, 6.07) is 3.88. The first-order chi connectivity index (χ1) is 9.44. The second kappa shape index (κ2) is 6.10. The Morgan fingerprint density at radius 1 is 1.20 bits per heavy atom. The first-order valence-electron chi connectivity index (χ1n) is 6.96. The van der Waals surface area contributed by atoms with Gasteiger partial charge in [0.2, 0.25) is 10.0 Å². The smallest absolute Gasteiger partial charge is 0.245 e. The fraction of sp³-hybridized carbons (Fsp3) is 0.571. The molecule has 4 nitrogen and oxygen atoms in total. The van der Waals surface area contributed by atoms with Crippen molar-refractivity contribution in [1.82, 2.24) is 4.31 Å². The number of sulfonamides is 1. The number of anilines is 1. The van der Waals surface area contributed by atoms with Crippen LogP contribution < -0.4 is 5.73 Å². The Hall–Kier alpha value is -1.14. The van der Waals surface area contributed by atoms with Gasteiger partial charge < -0.3 is 5.73 Å². The summed E-state index contributed by atoms with van der Waals surface area (Å²) in [6.07, 6.45) is 6.06. The number of para-hydroxylation sites is 1. The summed E-state index contributed by atoms with van der Waals surface area (Å²) in [4.78, 5) is -0.135. The van der Waals surface area contributed by atoms with Crippen LogP contribution in [0.2, 0.25) is 0 Å². The minimum absolute atomic E-state index is 0.0230. The van der Waals surface area contributed by atoms with Crippen LogP contribution in [0.3, 0.4) is 0 Å². The molecule has 6 heteroatoms. The number of rotatable bonds is 3. The van der Waals surface area contributed by atoms with Gasteiger partial charge >= 0.3 is 0 Å². The second-order valence-corrected chi connectivity index (χ2v) is 7.28. The van der Waals surface area contributed by atoms with Crippen LogP contribution in [0.4, 0.5) is 10.1 Å². The molecule has 0 unspecified atom stereocenters. The average molecular weight is 300 g/mol. The van der Waals surface area contributed by atoms with Gasteiger partial charge in [-0.2, -0.15) is 4.31 Å². The van der Waals surface area contributed by atoms with E-state index in [1.165, 1.54) is 22.5 Å². The number of benzene rings is 1. The summed E-state index contributed by atoms with van der Waals surface area (Å²) >= 11 is 0. The summed E-state index contributed by atoms with van der Waals surface area (Å²) in [5.41, 5.74) is 5.29. The lowest BCUT2D eigenvalue weighted by atomic mass is 10.1. The summed E-state index contributed by atoms with van der Waals surface area (Å²) in [6.45, 7) is 0. The van der Waals surface area contributed by atoms with Crippen molar-refractivity contribution in [2.45, 2.75) is 49.5 Å². The second-order valence-electron chi connectivity index (χ2n) is 5.32. The molecule has 0 radical (unpaired) electrons. The van der Waals surface area contributed by atoms with Gasteiger partial charge in [-0.3, -0.25) is 0 Å². The molecule has 112 valence electrons. The van der Waals surface area contributed by atoms with Crippen molar-refractivity contribution in [2.75, 3.05) is 12.8 Å². The quantitative estimate of drug-likeness (QED) is 0.689. The van der Waals surface area contributed by atoms with Crippen molar-refractivity contribution >= 4 is 15.7 Å². The van der Waals surface area contributed by atoms with Crippen molar-refractivity contribution in [3.05, 3.63) is 24.0 Å². The van der Waals surface area contributed by atoms with Gasteiger partial charge in [-0.15, -0.1) is 0 Å². The minimum atomic E-state index is -3.74. The SMILES string of the molecule is CN(C1CCCCCC1)S(=O)(=O)c1cccc(F)c1N. The van der Waals surface area contributed by atoms with E-state index in [-0.39, 0.29) is 16.6 Å². The summed E-state index contributed by atoms with van der Waals surface area (Å²) in [5, 5.41) is 0. The lowest BCUT2D eigenvalue weighted by molar-refractivity contribution is 0.336. The van der Waals surface area contributed by atoms with Crippen LogP contribution in [0.15, 0.2) is 23.1 Å². The van der Waals surface area contributed by atoms with Crippen molar-refractivity contribution in [3.8, 4) is 0 Å². The Balaban J connectivity index is 2.31. The molecule has 2 N–H and O–H groups in total. The van der Waals surface area contributed by atoms with Crippen LogP contribution in [0.5, 0.6) is 0 Å². The van der Waals surface area contributed by atoms with Crippen molar-refractivity contribution in [2.24, 2.45) is 0 Å². The number of hydrogen-bond acceptors (Lipinski definition) is 3. The van der Waals surface area contributed by atoms with Crippen LogP contribution in [0.1, 0.15) is 38.5 Å².